The first-order chi connectivity index (χ1) is 8.66. The molecule has 1 N–H and O–H groups in total. The van der Waals surface area contributed by atoms with Crippen LogP contribution in [0.15, 0.2) is 41.0 Å². The highest BCUT2D eigenvalue weighted by Gasteiger charge is 2.13. The highest BCUT2D eigenvalue weighted by molar-refractivity contribution is 5.93. The number of carboxylic acid groups (broad SMARTS) is 1. The van der Waals surface area contributed by atoms with Crippen molar-refractivity contribution in [3.63, 3.8) is 0 Å². The zero-order valence-corrected chi connectivity index (χ0v) is 9.62. The van der Waals surface area contributed by atoms with Gasteiger partial charge in [0.25, 0.3) is 0 Å². The molecule has 5 nitrogen and oxygen atoms in total. The molecule has 5 heteroatoms. The van der Waals surface area contributed by atoms with Crippen molar-refractivity contribution >= 4 is 17.0 Å². The summed E-state index contributed by atoms with van der Waals surface area (Å²) >= 11 is 0. The second-order valence-electron chi connectivity index (χ2n) is 3.98. The van der Waals surface area contributed by atoms with Gasteiger partial charge in [0.15, 0.2) is 11.6 Å². The molecule has 0 aliphatic heterocycles. The number of imidazole rings is 1. The van der Waals surface area contributed by atoms with Crippen molar-refractivity contribution in [1.82, 2.24) is 9.55 Å². The third-order valence-electron chi connectivity index (χ3n) is 2.87. The Bertz CT molecular complexity index is 726. The average Bonchev–Trinajstić information content (AvgIpc) is 2.97. The number of aromatic carboxylic acids is 1. The predicted octanol–water partition coefficient (Wildman–Crippen LogP) is 2.53. The van der Waals surface area contributed by atoms with Crippen molar-refractivity contribution in [1.29, 1.82) is 0 Å². The lowest BCUT2D eigenvalue weighted by Crippen LogP contribution is -1.97. The van der Waals surface area contributed by atoms with Crippen LogP contribution in [0.1, 0.15) is 10.4 Å². The molecular formula is C13H10N2O3. The van der Waals surface area contributed by atoms with E-state index in [9.17, 15) is 4.79 Å². The molecular weight excluding hydrogens is 232 g/mol. The van der Waals surface area contributed by atoms with E-state index in [1.54, 1.807) is 30.5 Å². The van der Waals surface area contributed by atoms with Gasteiger partial charge in [-0.05, 0) is 30.3 Å². The fraction of sp³-hybridized carbons (Fsp3) is 0.0769. The summed E-state index contributed by atoms with van der Waals surface area (Å²) in [6, 6.07) is 8.46. The van der Waals surface area contributed by atoms with E-state index in [2.05, 4.69) is 4.98 Å². The molecule has 0 aliphatic rings. The number of furan rings is 1. The van der Waals surface area contributed by atoms with E-state index in [0.717, 1.165) is 11.0 Å². The van der Waals surface area contributed by atoms with Crippen LogP contribution < -0.4 is 0 Å². The molecule has 0 saturated heterocycles. The van der Waals surface area contributed by atoms with E-state index >= 15 is 0 Å². The van der Waals surface area contributed by atoms with Gasteiger partial charge in [0, 0.05) is 7.05 Å². The second kappa shape index (κ2) is 3.73. The SMILES string of the molecule is Cn1c(-c2ccco2)nc2ccc(C(=O)O)cc21. The van der Waals surface area contributed by atoms with Crippen LogP contribution in [0.3, 0.4) is 0 Å². The Balaban J connectivity index is 2.25. The lowest BCUT2D eigenvalue weighted by Gasteiger charge is -1.99. The zero-order valence-electron chi connectivity index (χ0n) is 9.62. The van der Waals surface area contributed by atoms with Gasteiger partial charge in [0.2, 0.25) is 0 Å². The van der Waals surface area contributed by atoms with E-state index in [-0.39, 0.29) is 5.56 Å². The Kier molecular flexibility index (Phi) is 2.19. The summed E-state index contributed by atoms with van der Waals surface area (Å²) < 4.78 is 7.13. The molecule has 1 aromatic carbocycles. The molecule has 0 radical (unpaired) electrons. The first kappa shape index (κ1) is 10.6. The highest BCUT2D eigenvalue weighted by Crippen LogP contribution is 2.24. The Morgan fingerprint density at radius 2 is 2.22 bits per heavy atom. The van der Waals surface area contributed by atoms with Gasteiger partial charge in [0.1, 0.15) is 0 Å². The van der Waals surface area contributed by atoms with Crippen LogP contribution in [-0.2, 0) is 7.05 Å². The Hall–Kier alpha value is -2.56. The molecule has 3 aromatic rings. The molecule has 0 atom stereocenters. The molecule has 0 saturated carbocycles. The van der Waals surface area contributed by atoms with E-state index in [4.69, 9.17) is 9.52 Å². The van der Waals surface area contributed by atoms with Crippen LogP contribution in [0.4, 0.5) is 0 Å². The number of rotatable bonds is 2. The van der Waals surface area contributed by atoms with Crippen LogP contribution in [-0.4, -0.2) is 20.6 Å². The summed E-state index contributed by atoms with van der Waals surface area (Å²) in [7, 11) is 1.83. The molecule has 0 aliphatic carbocycles. The van der Waals surface area contributed by atoms with Crippen molar-refractivity contribution in [2.75, 3.05) is 0 Å². The Morgan fingerprint density at radius 3 is 2.89 bits per heavy atom. The minimum Gasteiger partial charge on any atom is -0.478 e. The smallest absolute Gasteiger partial charge is 0.335 e. The lowest BCUT2D eigenvalue weighted by atomic mass is 10.2. The molecule has 90 valence electrons. The largest absolute Gasteiger partial charge is 0.478 e. The second-order valence-corrected chi connectivity index (χ2v) is 3.98. The maximum atomic E-state index is 10.9. The van der Waals surface area contributed by atoms with Gasteiger partial charge in [-0.2, -0.15) is 0 Å². The lowest BCUT2D eigenvalue weighted by molar-refractivity contribution is 0.0697. The fourth-order valence-electron chi connectivity index (χ4n) is 1.95. The van der Waals surface area contributed by atoms with Crippen molar-refractivity contribution in [2.24, 2.45) is 7.05 Å². The van der Waals surface area contributed by atoms with Crippen LogP contribution in [0, 0.1) is 0 Å². The number of hydrogen-bond donors (Lipinski definition) is 1. The van der Waals surface area contributed by atoms with Gasteiger partial charge in [0.05, 0.1) is 22.9 Å². The fourth-order valence-corrected chi connectivity index (χ4v) is 1.95. The highest BCUT2D eigenvalue weighted by atomic mass is 16.4. The molecule has 2 aromatic heterocycles. The van der Waals surface area contributed by atoms with Gasteiger partial charge < -0.3 is 14.1 Å². The van der Waals surface area contributed by atoms with Gasteiger partial charge >= 0.3 is 5.97 Å². The summed E-state index contributed by atoms with van der Waals surface area (Å²) in [6.07, 6.45) is 1.58. The predicted molar refractivity (Wildman–Crippen MR) is 65.4 cm³/mol. The van der Waals surface area contributed by atoms with Gasteiger partial charge in [-0.15, -0.1) is 0 Å². The third kappa shape index (κ3) is 1.48. The van der Waals surface area contributed by atoms with Crippen LogP contribution in [0.5, 0.6) is 0 Å². The van der Waals surface area contributed by atoms with Crippen LogP contribution in [0.2, 0.25) is 0 Å². The van der Waals surface area contributed by atoms with Gasteiger partial charge in [-0.3, -0.25) is 0 Å². The quantitative estimate of drug-likeness (QED) is 0.749. The molecule has 0 spiro atoms. The van der Waals surface area contributed by atoms with E-state index in [1.165, 1.54) is 0 Å². The normalized spacial score (nSPS) is 10.9. The summed E-state index contributed by atoms with van der Waals surface area (Å²) in [4.78, 5) is 15.4. The Morgan fingerprint density at radius 1 is 1.39 bits per heavy atom. The molecule has 3 rings (SSSR count). The van der Waals surface area contributed by atoms with Crippen molar-refractivity contribution in [3.8, 4) is 11.6 Å². The summed E-state index contributed by atoms with van der Waals surface area (Å²) in [5.74, 6) is 0.390. The standard InChI is InChI=1S/C13H10N2O3/c1-15-10-7-8(13(16)17)4-5-9(10)14-12(15)11-3-2-6-18-11/h2-7H,1H3,(H,16,17). The monoisotopic (exact) mass is 242 g/mol. The van der Waals surface area contributed by atoms with E-state index in [1.807, 2.05) is 17.7 Å². The third-order valence-corrected chi connectivity index (χ3v) is 2.87. The zero-order chi connectivity index (χ0) is 12.7. The van der Waals surface area contributed by atoms with E-state index in [0.29, 0.717) is 11.6 Å². The number of nitrogens with zero attached hydrogens (tertiary/aromatic N) is 2. The molecule has 2 heterocycles. The topological polar surface area (TPSA) is 68.3 Å². The minimum absolute atomic E-state index is 0.247. The van der Waals surface area contributed by atoms with Crippen LogP contribution in [0.25, 0.3) is 22.6 Å². The number of fused-ring (bicyclic) bond motifs is 1. The molecule has 0 fully saturated rings. The summed E-state index contributed by atoms with van der Waals surface area (Å²) in [6.45, 7) is 0. The molecule has 18 heavy (non-hydrogen) atoms. The average molecular weight is 242 g/mol. The van der Waals surface area contributed by atoms with Crippen LogP contribution >= 0.6 is 0 Å². The maximum Gasteiger partial charge on any atom is 0.335 e. The number of aryl methyl sites for hydroxylation is 1. The minimum atomic E-state index is -0.947. The number of aromatic nitrogens is 2. The number of benzene rings is 1. The Labute approximate surface area is 102 Å². The first-order valence-electron chi connectivity index (χ1n) is 5.40. The number of hydrogen-bond acceptors (Lipinski definition) is 3. The van der Waals surface area contributed by atoms with Crippen molar-refractivity contribution in [2.45, 2.75) is 0 Å². The first-order valence-corrected chi connectivity index (χ1v) is 5.40. The number of carbonyl (C=O) groups is 1. The van der Waals surface area contributed by atoms with Crippen molar-refractivity contribution < 1.29 is 14.3 Å². The van der Waals surface area contributed by atoms with Gasteiger partial charge in [-0.25, -0.2) is 9.78 Å². The molecule has 0 unspecified atom stereocenters. The maximum absolute atomic E-state index is 10.9. The molecule has 0 bridgehead atoms. The molecule has 0 amide bonds. The summed E-state index contributed by atoms with van der Waals surface area (Å²) in [5, 5.41) is 8.98. The number of carboxylic acids is 1. The summed E-state index contributed by atoms with van der Waals surface area (Å²) in [5.41, 5.74) is 1.76. The van der Waals surface area contributed by atoms with Crippen molar-refractivity contribution in [3.05, 3.63) is 42.2 Å². The van der Waals surface area contributed by atoms with Gasteiger partial charge in [-0.1, -0.05) is 0 Å². The van der Waals surface area contributed by atoms with E-state index < -0.39 is 5.97 Å².